The maximum atomic E-state index is 11.3. The van der Waals surface area contributed by atoms with Gasteiger partial charge in [-0.1, -0.05) is 23.9 Å². The number of benzene rings is 1. The van der Waals surface area contributed by atoms with Crippen LogP contribution in [0.15, 0.2) is 29.4 Å². The van der Waals surface area contributed by atoms with Gasteiger partial charge in [-0.25, -0.2) is 0 Å². The minimum Gasteiger partial charge on any atom is -0.378 e. The van der Waals surface area contributed by atoms with Crippen molar-refractivity contribution in [2.24, 2.45) is 5.10 Å². The van der Waals surface area contributed by atoms with Crippen LogP contribution in [-0.4, -0.2) is 42.2 Å². The predicted octanol–water partition coefficient (Wildman–Crippen LogP) is 1.78. The molecule has 0 aliphatic carbocycles. The first kappa shape index (κ1) is 12.6. The van der Waals surface area contributed by atoms with Gasteiger partial charge in [0.2, 0.25) is 0 Å². The Balaban J connectivity index is 2.09. The third-order valence-electron chi connectivity index (χ3n) is 2.46. The summed E-state index contributed by atoms with van der Waals surface area (Å²) in [5.41, 5.74) is 1.93. The maximum absolute atomic E-state index is 11.3. The second kappa shape index (κ2) is 5.22. The van der Waals surface area contributed by atoms with E-state index < -0.39 is 0 Å². The molecular formula is C12H13N3O2S. The zero-order chi connectivity index (χ0) is 13.1. The Morgan fingerprint density at radius 3 is 2.44 bits per heavy atom. The molecule has 18 heavy (non-hydrogen) atoms. The van der Waals surface area contributed by atoms with E-state index in [9.17, 15) is 9.59 Å². The summed E-state index contributed by atoms with van der Waals surface area (Å²) in [7, 11) is 3.92. The van der Waals surface area contributed by atoms with Gasteiger partial charge in [-0.05, 0) is 17.7 Å². The molecule has 1 aliphatic rings. The Morgan fingerprint density at radius 1 is 1.28 bits per heavy atom. The Kier molecular flexibility index (Phi) is 3.66. The summed E-state index contributed by atoms with van der Waals surface area (Å²) in [5, 5.41) is 4.49. The average Bonchev–Trinajstić information content (AvgIpc) is 2.67. The summed E-state index contributed by atoms with van der Waals surface area (Å²) < 4.78 is 0. The van der Waals surface area contributed by atoms with E-state index in [1.54, 1.807) is 0 Å². The highest BCUT2D eigenvalue weighted by Gasteiger charge is 2.29. The SMILES string of the molecule is CN(C)c1ccc(/C=N/N2C(=O)CSC2=O)cc1. The molecule has 2 rings (SSSR count). The normalized spacial score (nSPS) is 15.8. The van der Waals surface area contributed by atoms with Gasteiger partial charge < -0.3 is 4.90 Å². The van der Waals surface area contributed by atoms with Crippen molar-refractivity contribution in [3.05, 3.63) is 29.8 Å². The van der Waals surface area contributed by atoms with Crippen LogP contribution in [0.5, 0.6) is 0 Å². The minimum absolute atomic E-state index is 0.176. The minimum atomic E-state index is -0.318. The van der Waals surface area contributed by atoms with Gasteiger partial charge in [-0.3, -0.25) is 9.59 Å². The summed E-state index contributed by atoms with van der Waals surface area (Å²) in [4.78, 5) is 24.6. The first-order chi connectivity index (χ1) is 8.58. The summed E-state index contributed by atoms with van der Waals surface area (Å²) in [6.07, 6.45) is 1.52. The first-order valence-electron chi connectivity index (χ1n) is 5.39. The van der Waals surface area contributed by atoms with Crippen LogP contribution in [0, 0.1) is 0 Å². The van der Waals surface area contributed by atoms with Crippen LogP contribution in [0.3, 0.4) is 0 Å². The second-order valence-corrected chi connectivity index (χ2v) is 4.92. The van der Waals surface area contributed by atoms with Gasteiger partial charge in [-0.15, -0.1) is 0 Å². The van der Waals surface area contributed by atoms with E-state index in [1.165, 1.54) is 6.21 Å². The molecule has 0 aromatic heterocycles. The van der Waals surface area contributed by atoms with Gasteiger partial charge in [-0.2, -0.15) is 10.1 Å². The molecule has 0 bridgehead atoms. The Morgan fingerprint density at radius 2 is 1.94 bits per heavy atom. The molecule has 0 N–H and O–H groups in total. The zero-order valence-corrected chi connectivity index (χ0v) is 11.0. The van der Waals surface area contributed by atoms with Crippen molar-refractivity contribution in [3.8, 4) is 0 Å². The molecule has 0 unspecified atom stereocenters. The van der Waals surface area contributed by atoms with Crippen molar-refractivity contribution in [3.63, 3.8) is 0 Å². The first-order valence-corrected chi connectivity index (χ1v) is 6.37. The van der Waals surface area contributed by atoms with Gasteiger partial charge in [0, 0.05) is 19.8 Å². The van der Waals surface area contributed by atoms with Gasteiger partial charge in [0.1, 0.15) is 0 Å². The number of hydrogen-bond acceptors (Lipinski definition) is 5. The van der Waals surface area contributed by atoms with Gasteiger partial charge in [0.15, 0.2) is 0 Å². The molecule has 1 saturated heterocycles. The van der Waals surface area contributed by atoms with Gasteiger partial charge >= 0.3 is 5.24 Å². The second-order valence-electron chi connectivity index (χ2n) is 3.99. The molecule has 2 amide bonds. The number of nitrogens with zero attached hydrogens (tertiary/aromatic N) is 3. The molecule has 0 saturated carbocycles. The van der Waals surface area contributed by atoms with Crippen LogP contribution in [-0.2, 0) is 4.79 Å². The summed E-state index contributed by atoms with van der Waals surface area (Å²) in [6.45, 7) is 0. The number of anilines is 1. The lowest BCUT2D eigenvalue weighted by Gasteiger charge is -2.11. The van der Waals surface area contributed by atoms with E-state index in [-0.39, 0.29) is 16.9 Å². The summed E-state index contributed by atoms with van der Waals surface area (Å²) in [5.74, 6) is -0.0957. The van der Waals surface area contributed by atoms with Gasteiger partial charge in [0.25, 0.3) is 5.91 Å². The van der Waals surface area contributed by atoms with Crippen molar-refractivity contribution in [2.75, 3.05) is 24.7 Å². The van der Waals surface area contributed by atoms with Crippen LogP contribution in [0.25, 0.3) is 0 Å². The van der Waals surface area contributed by atoms with Crippen LogP contribution in [0.1, 0.15) is 5.56 Å². The fourth-order valence-corrected chi connectivity index (χ4v) is 2.08. The fourth-order valence-electron chi connectivity index (χ4n) is 1.44. The lowest BCUT2D eigenvalue weighted by molar-refractivity contribution is -0.124. The third kappa shape index (κ3) is 2.70. The van der Waals surface area contributed by atoms with Gasteiger partial charge in [0.05, 0.1) is 12.0 Å². The van der Waals surface area contributed by atoms with E-state index in [2.05, 4.69) is 5.10 Å². The van der Waals surface area contributed by atoms with E-state index in [0.717, 1.165) is 28.0 Å². The Labute approximate surface area is 109 Å². The fraction of sp³-hybridized carbons (Fsp3) is 0.250. The molecule has 0 atom stereocenters. The van der Waals surface area contributed by atoms with Crippen LogP contribution in [0.4, 0.5) is 10.5 Å². The lowest BCUT2D eigenvalue weighted by atomic mass is 10.2. The smallest absolute Gasteiger partial charge is 0.309 e. The maximum Gasteiger partial charge on any atom is 0.309 e. The highest BCUT2D eigenvalue weighted by atomic mass is 32.2. The molecule has 1 aromatic carbocycles. The molecule has 5 nitrogen and oxygen atoms in total. The lowest BCUT2D eigenvalue weighted by Crippen LogP contribution is -2.22. The molecule has 1 heterocycles. The number of carbonyl (C=O) groups is 2. The predicted molar refractivity (Wildman–Crippen MR) is 73.1 cm³/mol. The van der Waals surface area contributed by atoms with Crippen LogP contribution >= 0.6 is 11.8 Å². The summed E-state index contributed by atoms with van der Waals surface area (Å²) >= 11 is 0.972. The Hall–Kier alpha value is -1.82. The molecule has 94 valence electrons. The molecule has 0 spiro atoms. The van der Waals surface area contributed by atoms with Crippen molar-refractivity contribution in [2.45, 2.75) is 0 Å². The van der Waals surface area contributed by atoms with Crippen LogP contribution < -0.4 is 4.90 Å². The topological polar surface area (TPSA) is 53.0 Å². The number of rotatable bonds is 3. The molecule has 6 heteroatoms. The average molecular weight is 263 g/mol. The number of carbonyl (C=O) groups excluding carboxylic acids is 2. The van der Waals surface area contributed by atoms with E-state index in [1.807, 2.05) is 43.3 Å². The molecule has 0 radical (unpaired) electrons. The molecular weight excluding hydrogens is 250 g/mol. The zero-order valence-electron chi connectivity index (χ0n) is 10.2. The van der Waals surface area contributed by atoms with E-state index >= 15 is 0 Å². The van der Waals surface area contributed by atoms with E-state index in [0.29, 0.717) is 0 Å². The number of imide groups is 1. The monoisotopic (exact) mass is 263 g/mol. The molecule has 1 aliphatic heterocycles. The molecule has 1 fully saturated rings. The molecule has 1 aromatic rings. The van der Waals surface area contributed by atoms with E-state index in [4.69, 9.17) is 0 Å². The largest absolute Gasteiger partial charge is 0.378 e. The number of amides is 2. The number of thioether (sulfide) groups is 1. The number of hydrazone groups is 1. The standard InChI is InChI=1S/C12H13N3O2S/c1-14(2)10-5-3-9(4-6-10)7-13-15-11(16)8-18-12(15)17/h3-7H,8H2,1-2H3/b13-7+. The highest BCUT2D eigenvalue weighted by Crippen LogP contribution is 2.19. The van der Waals surface area contributed by atoms with Crippen molar-refractivity contribution in [1.82, 2.24) is 5.01 Å². The quantitative estimate of drug-likeness (QED) is 0.780. The number of hydrogen-bond donors (Lipinski definition) is 0. The summed E-state index contributed by atoms with van der Waals surface area (Å²) in [6, 6.07) is 7.67. The van der Waals surface area contributed by atoms with Crippen molar-refractivity contribution < 1.29 is 9.59 Å². The highest BCUT2D eigenvalue weighted by molar-refractivity contribution is 8.14. The Bertz CT molecular complexity index is 481. The van der Waals surface area contributed by atoms with Crippen LogP contribution in [0.2, 0.25) is 0 Å². The van der Waals surface area contributed by atoms with Crippen molar-refractivity contribution >= 4 is 34.8 Å². The third-order valence-corrected chi connectivity index (χ3v) is 3.27. The van der Waals surface area contributed by atoms with Crippen molar-refractivity contribution in [1.29, 1.82) is 0 Å².